The Bertz CT molecular complexity index is 1300. The second kappa shape index (κ2) is 7.02. The lowest BCUT2D eigenvalue weighted by Gasteiger charge is -2.09. The summed E-state index contributed by atoms with van der Waals surface area (Å²) in [6, 6.07) is 6.34. The van der Waals surface area contributed by atoms with E-state index in [2.05, 4.69) is 20.3 Å². The molecule has 0 amide bonds. The zero-order valence-corrected chi connectivity index (χ0v) is 16.0. The van der Waals surface area contributed by atoms with E-state index in [1.54, 1.807) is 19.2 Å². The lowest BCUT2D eigenvalue weighted by Crippen LogP contribution is -2.28. The minimum Gasteiger partial charge on any atom is -0.373 e. The lowest BCUT2D eigenvalue weighted by atomic mass is 10.00. The second-order valence-corrected chi connectivity index (χ2v) is 7.27. The molecule has 0 unspecified atom stereocenters. The van der Waals surface area contributed by atoms with E-state index in [9.17, 15) is 9.18 Å². The molecule has 1 saturated heterocycles. The first kappa shape index (κ1) is 18.4. The molecule has 30 heavy (non-hydrogen) atoms. The Balaban J connectivity index is 1.36. The van der Waals surface area contributed by atoms with Crippen molar-refractivity contribution in [2.75, 3.05) is 12.3 Å². The van der Waals surface area contributed by atoms with Crippen LogP contribution in [0, 0.1) is 12.7 Å². The molecule has 0 spiro atoms. The highest BCUT2D eigenvalue weighted by molar-refractivity contribution is 5.51. The van der Waals surface area contributed by atoms with Crippen molar-refractivity contribution in [1.82, 2.24) is 29.5 Å². The van der Waals surface area contributed by atoms with Crippen LogP contribution in [0.1, 0.15) is 41.3 Å². The summed E-state index contributed by atoms with van der Waals surface area (Å²) in [5, 5.41) is 12.1. The minimum absolute atomic E-state index is 0.00725. The summed E-state index contributed by atoms with van der Waals surface area (Å²) in [7, 11) is 0. The summed E-state index contributed by atoms with van der Waals surface area (Å²) >= 11 is 0. The Morgan fingerprint density at radius 3 is 3.07 bits per heavy atom. The third kappa shape index (κ3) is 3.12. The number of aromatic nitrogens is 6. The molecule has 0 radical (unpaired) electrons. The first-order valence-corrected chi connectivity index (χ1v) is 9.40. The van der Waals surface area contributed by atoms with Crippen molar-refractivity contribution in [2.45, 2.75) is 31.9 Å². The van der Waals surface area contributed by atoms with Gasteiger partial charge in [0.2, 0.25) is 11.8 Å². The number of fused-ring (bicyclic) bond motifs is 1. The van der Waals surface area contributed by atoms with Crippen molar-refractivity contribution in [2.24, 2.45) is 0 Å². The zero-order chi connectivity index (χ0) is 20.8. The van der Waals surface area contributed by atoms with Gasteiger partial charge in [0, 0.05) is 11.5 Å². The molecule has 4 heterocycles. The van der Waals surface area contributed by atoms with Crippen molar-refractivity contribution in [3.05, 3.63) is 69.5 Å². The highest BCUT2D eigenvalue weighted by atomic mass is 19.1. The van der Waals surface area contributed by atoms with Gasteiger partial charge in [-0.05, 0) is 31.0 Å². The molecular weight excluding hydrogens is 393 g/mol. The van der Waals surface area contributed by atoms with Gasteiger partial charge in [0.15, 0.2) is 11.3 Å². The summed E-state index contributed by atoms with van der Waals surface area (Å²) in [5.41, 5.74) is 7.39. The number of rotatable bonds is 4. The smallest absolute Gasteiger partial charge is 0.281 e. The van der Waals surface area contributed by atoms with Gasteiger partial charge in [-0.3, -0.25) is 9.36 Å². The van der Waals surface area contributed by atoms with Crippen molar-refractivity contribution in [1.29, 1.82) is 0 Å². The quantitative estimate of drug-likeness (QED) is 0.537. The molecule has 0 bridgehead atoms. The highest BCUT2D eigenvalue weighted by Crippen LogP contribution is 2.37. The SMILES string of the molecule is Cc1cnn2nc(N)n(Cc3nc([C@@H]4CO[C@@H](c5cccc(F)c5)C4)no3)c(=O)c12. The standard InChI is InChI=1S/C19H18FN7O3/c1-10-7-22-27-16(10)18(28)26(19(21)24-27)8-15-23-17(25-30-15)12-6-14(29-9-12)11-3-2-4-13(20)5-11/h2-5,7,12,14H,6,8-9H2,1H3,(H2,21,24)/t12-,14+/m0/s1. The van der Waals surface area contributed by atoms with Crippen molar-refractivity contribution in [3.63, 3.8) is 0 Å². The zero-order valence-electron chi connectivity index (χ0n) is 16.0. The van der Waals surface area contributed by atoms with E-state index in [1.165, 1.54) is 21.3 Å². The minimum atomic E-state index is -0.340. The number of aryl methyl sites for hydroxylation is 1. The van der Waals surface area contributed by atoms with Crippen molar-refractivity contribution in [3.8, 4) is 0 Å². The monoisotopic (exact) mass is 411 g/mol. The molecular formula is C19H18FN7O3. The van der Waals surface area contributed by atoms with E-state index < -0.39 is 0 Å². The predicted octanol–water partition coefficient (Wildman–Crippen LogP) is 1.60. The molecule has 154 valence electrons. The fourth-order valence-electron chi connectivity index (χ4n) is 3.66. The summed E-state index contributed by atoms with van der Waals surface area (Å²) in [4.78, 5) is 17.2. The largest absolute Gasteiger partial charge is 0.373 e. The molecule has 0 aliphatic carbocycles. The number of anilines is 1. The third-order valence-electron chi connectivity index (χ3n) is 5.22. The Morgan fingerprint density at radius 1 is 1.37 bits per heavy atom. The molecule has 2 atom stereocenters. The van der Waals surface area contributed by atoms with Crippen LogP contribution in [-0.2, 0) is 11.3 Å². The summed E-state index contributed by atoms with van der Waals surface area (Å²) < 4.78 is 27.1. The van der Waals surface area contributed by atoms with E-state index >= 15 is 0 Å². The van der Waals surface area contributed by atoms with Gasteiger partial charge in [-0.1, -0.05) is 17.3 Å². The summed E-state index contributed by atoms with van der Waals surface area (Å²) in [5.74, 6) is 0.304. The van der Waals surface area contributed by atoms with Gasteiger partial charge >= 0.3 is 0 Å². The number of halogens is 1. The Morgan fingerprint density at radius 2 is 2.23 bits per heavy atom. The summed E-state index contributed by atoms with van der Waals surface area (Å²) in [6.45, 7) is 2.16. The van der Waals surface area contributed by atoms with Gasteiger partial charge in [0.25, 0.3) is 5.56 Å². The maximum absolute atomic E-state index is 13.5. The van der Waals surface area contributed by atoms with Gasteiger partial charge in [-0.25, -0.2) is 4.39 Å². The number of ether oxygens (including phenoxy) is 1. The fraction of sp³-hybridized carbons (Fsp3) is 0.316. The first-order valence-electron chi connectivity index (χ1n) is 9.40. The van der Waals surface area contributed by atoms with Crippen molar-refractivity contribution < 1.29 is 13.7 Å². The van der Waals surface area contributed by atoms with E-state index in [-0.39, 0.29) is 41.8 Å². The van der Waals surface area contributed by atoms with E-state index in [1.807, 2.05) is 6.07 Å². The molecule has 2 N–H and O–H groups in total. The van der Waals surface area contributed by atoms with Crippen LogP contribution in [-0.4, -0.2) is 36.1 Å². The van der Waals surface area contributed by atoms with Crippen LogP contribution >= 0.6 is 0 Å². The van der Waals surface area contributed by atoms with Gasteiger partial charge in [0.1, 0.15) is 12.4 Å². The fourth-order valence-corrected chi connectivity index (χ4v) is 3.66. The number of hydrogen-bond donors (Lipinski definition) is 1. The highest BCUT2D eigenvalue weighted by Gasteiger charge is 2.31. The van der Waals surface area contributed by atoms with Crippen LogP contribution in [0.2, 0.25) is 0 Å². The molecule has 11 heteroatoms. The molecule has 1 aliphatic rings. The second-order valence-electron chi connectivity index (χ2n) is 7.27. The molecule has 10 nitrogen and oxygen atoms in total. The molecule has 1 aromatic carbocycles. The Kier molecular flexibility index (Phi) is 4.31. The Hall–Kier alpha value is -3.60. The predicted molar refractivity (Wildman–Crippen MR) is 102 cm³/mol. The van der Waals surface area contributed by atoms with Crippen LogP contribution in [0.5, 0.6) is 0 Å². The molecule has 5 rings (SSSR count). The van der Waals surface area contributed by atoms with Crippen LogP contribution < -0.4 is 11.3 Å². The normalized spacial score (nSPS) is 19.0. The molecule has 3 aromatic heterocycles. The van der Waals surface area contributed by atoms with Gasteiger partial charge in [0.05, 0.1) is 18.9 Å². The first-order chi connectivity index (χ1) is 14.5. The number of nitrogens with two attached hydrogens (primary N) is 1. The Labute approximate surface area is 169 Å². The number of nitrogens with zero attached hydrogens (tertiary/aromatic N) is 6. The van der Waals surface area contributed by atoms with E-state index in [0.29, 0.717) is 29.9 Å². The molecule has 4 aromatic rings. The van der Waals surface area contributed by atoms with Crippen LogP contribution in [0.25, 0.3) is 5.52 Å². The van der Waals surface area contributed by atoms with Gasteiger partial charge in [-0.15, -0.1) is 9.73 Å². The molecule has 1 aliphatic heterocycles. The van der Waals surface area contributed by atoms with Crippen molar-refractivity contribution >= 4 is 11.5 Å². The third-order valence-corrected chi connectivity index (χ3v) is 5.22. The maximum Gasteiger partial charge on any atom is 0.281 e. The average molecular weight is 411 g/mol. The number of hydrogen-bond acceptors (Lipinski definition) is 8. The van der Waals surface area contributed by atoms with Crippen LogP contribution in [0.4, 0.5) is 10.3 Å². The van der Waals surface area contributed by atoms with Gasteiger partial charge < -0.3 is 15.0 Å². The molecule has 0 saturated carbocycles. The maximum atomic E-state index is 13.5. The number of benzene rings is 1. The topological polar surface area (TPSA) is 126 Å². The van der Waals surface area contributed by atoms with Gasteiger partial charge in [-0.2, -0.15) is 10.1 Å². The van der Waals surface area contributed by atoms with Crippen LogP contribution in [0.15, 0.2) is 39.8 Å². The van der Waals surface area contributed by atoms with E-state index in [0.717, 1.165) is 5.56 Å². The van der Waals surface area contributed by atoms with Crippen LogP contribution in [0.3, 0.4) is 0 Å². The summed E-state index contributed by atoms with van der Waals surface area (Å²) in [6.07, 6.45) is 1.92. The average Bonchev–Trinajstić information content (AvgIpc) is 3.45. The number of nitrogen functional groups attached to an aromatic ring is 1. The van der Waals surface area contributed by atoms with E-state index in [4.69, 9.17) is 15.0 Å². The lowest BCUT2D eigenvalue weighted by molar-refractivity contribution is 0.109. The molecule has 1 fully saturated rings.